The van der Waals surface area contributed by atoms with E-state index < -0.39 is 4.92 Å². The molecule has 106 valence electrons. The Hall–Kier alpha value is -1.86. The molecule has 0 atom stereocenters. The van der Waals surface area contributed by atoms with Gasteiger partial charge in [-0.1, -0.05) is 0 Å². The van der Waals surface area contributed by atoms with Gasteiger partial charge in [-0.3, -0.25) is 10.1 Å². The molecule has 0 spiro atoms. The highest BCUT2D eigenvalue weighted by Gasteiger charge is 2.14. The summed E-state index contributed by atoms with van der Waals surface area (Å²) in [5.74, 6) is 0.448. The molecule has 0 heterocycles. The summed E-state index contributed by atoms with van der Waals surface area (Å²) in [5, 5.41) is 22.4. The zero-order chi connectivity index (χ0) is 14.1. The number of anilines is 1. The number of nitrogens with one attached hydrogen (secondary N) is 1. The second kappa shape index (κ2) is 8.28. The number of nitro groups is 1. The predicted octanol–water partition coefficient (Wildman–Crippen LogP) is 1.41. The number of hydrogen-bond donors (Lipinski definition) is 2. The van der Waals surface area contributed by atoms with Crippen molar-refractivity contribution in [1.82, 2.24) is 0 Å². The lowest BCUT2D eigenvalue weighted by molar-refractivity contribution is -0.384. The van der Waals surface area contributed by atoms with Crippen LogP contribution in [0.4, 0.5) is 11.4 Å². The molecule has 0 aromatic heterocycles. The first-order chi connectivity index (χ1) is 9.19. The van der Waals surface area contributed by atoms with Crippen molar-refractivity contribution in [2.75, 3.05) is 38.8 Å². The summed E-state index contributed by atoms with van der Waals surface area (Å²) >= 11 is 0. The molecule has 19 heavy (non-hydrogen) atoms. The summed E-state index contributed by atoms with van der Waals surface area (Å²) in [6.45, 7) is 1.36. The lowest BCUT2D eigenvalue weighted by atomic mass is 10.2. The number of benzene rings is 1. The van der Waals surface area contributed by atoms with Crippen molar-refractivity contribution in [3.05, 3.63) is 28.3 Å². The number of aliphatic hydroxyl groups is 1. The van der Waals surface area contributed by atoms with Crippen molar-refractivity contribution in [3.63, 3.8) is 0 Å². The van der Waals surface area contributed by atoms with Crippen molar-refractivity contribution in [1.29, 1.82) is 0 Å². The van der Waals surface area contributed by atoms with Crippen LogP contribution in [0.15, 0.2) is 18.2 Å². The molecule has 1 rings (SSSR count). The van der Waals surface area contributed by atoms with Gasteiger partial charge in [0.2, 0.25) is 0 Å². The molecule has 2 N–H and O–H groups in total. The van der Waals surface area contributed by atoms with Gasteiger partial charge >= 0.3 is 0 Å². The van der Waals surface area contributed by atoms with E-state index in [9.17, 15) is 10.1 Å². The van der Waals surface area contributed by atoms with Crippen molar-refractivity contribution in [3.8, 4) is 5.75 Å². The van der Waals surface area contributed by atoms with E-state index in [1.165, 1.54) is 13.2 Å². The summed E-state index contributed by atoms with van der Waals surface area (Å²) in [6.07, 6.45) is 0.698. The smallest absolute Gasteiger partial charge is 0.296 e. The van der Waals surface area contributed by atoms with E-state index in [0.29, 0.717) is 37.6 Å². The molecule has 7 heteroatoms. The van der Waals surface area contributed by atoms with Gasteiger partial charge in [0, 0.05) is 13.2 Å². The van der Waals surface area contributed by atoms with E-state index in [2.05, 4.69) is 5.32 Å². The number of nitro benzene ring substituents is 1. The van der Waals surface area contributed by atoms with Crippen LogP contribution >= 0.6 is 0 Å². The van der Waals surface area contributed by atoms with Crippen LogP contribution in [0.1, 0.15) is 6.42 Å². The Balaban J connectivity index is 2.50. The Morgan fingerprint density at radius 2 is 2.21 bits per heavy atom. The van der Waals surface area contributed by atoms with Gasteiger partial charge in [0.25, 0.3) is 5.69 Å². The first-order valence-corrected chi connectivity index (χ1v) is 5.94. The largest absolute Gasteiger partial charge is 0.496 e. The molecule has 1 aromatic rings. The molecule has 0 saturated carbocycles. The van der Waals surface area contributed by atoms with Crippen LogP contribution in [0.5, 0.6) is 5.75 Å². The van der Waals surface area contributed by atoms with Gasteiger partial charge in [0.1, 0.15) is 11.4 Å². The maximum absolute atomic E-state index is 10.9. The van der Waals surface area contributed by atoms with E-state index in [-0.39, 0.29) is 12.3 Å². The highest BCUT2D eigenvalue weighted by molar-refractivity contribution is 5.63. The van der Waals surface area contributed by atoms with Gasteiger partial charge in [-0.05, 0) is 18.6 Å². The quantitative estimate of drug-likeness (QED) is 0.400. The second-order valence-electron chi connectivity index (χ2n) is 3.76. The van der Waals surface area contributed by atoms with Gasteiger partial charge in [0.15, 0.2) is 0 Å². The average molecular weight is 270 g/mol. The van der Waals surface area contributed by atoms with Crippen LogP contribution in [0.2, 0.25) is 0 Å². The SMILES string of the molecule is COc1ccc(NCCCOCCO)c([N+](=O)[O-])c1. The van der Waals surface area contributed by atoms with Crippen LogP contribution in [-0.2, 0) is 4.74 Å². The Kier molecular flexibility index (Phi) is 6.62. The second-order valence-corrected chi connectivity index (χ2v) is 3.76. The fourth-order valence-electron chi connectivity index (χ4n) is 1.50. The third-order valence-electron chi connectivity index (χ3n) is 2.42. The first kappa shape index (κ1) is 15.2. The normalized spacial score (nSPS) is 10.2. The molecule has 0 radical (unpaired) electrons. The standard InChI is InChI=1S/C12H18N2O5/c1-18-10-3-4-11(12(9-10)14(16)17)13-5-2-7-19-8-6-15/h3-4,9,13,15H,2,5-8H2,1H3. The van der Waals surface area contributed by atoms with Crippen LogP contribution in [0.3, 0.4) is 0 Å². The van der Waals surface area contributed by atoms with Gasteiger partial charge < -0.3 is 19.9 Å². The first-order valence-electron chi connectivity index (χ1n) is 5.94. The zero-order valence-corrected chi connectivity index (χ0v) is 10.8. The molecule has 0 unspecified atom stereocenters. The van der Waals surface area contributed by atoms with Gasteiger partial charge in [-0.25, -0.2) is 0 Å². The minimum Gasteiger partial charge on any atom is -0.496 e. The molecule has 0 saturated heterocycles. The maximum atomic E-state index is 10.9. The molecular formula is C12H18N2O5. The summed E-state index contributed by atoms with van der Waals surface area (Å²) in [6, 6.07) is 4.66. The Morgan fingerprint density at radius 3 is 2.84 bits per heavy atom. The van der Waals surface area contributed by atoms with E-state index in [4.69, 9.17) is 14.6 Å². The molecule has 0 amide bonds. The number of aliphatic hydroxyl groups excluding tert-OH is 1. The van der Waals surface area contributed by atoms with Crippen LogP contribution in [0, 0.1) is 10.1 Å². The topological polar surface area (TPSA) is 93.9 Å². The lowest BCUT2D eigenvalue weighted by Gasteiger charge is -2.08. The molecule has 0 aliphatic heterocycles. The van der Waals surface area contributed by atoms with E-state index in [0.717, 1.165) is 0 Å². The summed E-state index contributed by atoms with van der Waals surface area (Å²) in [7, 11) is 1.46. The Labute approximate surface area is 111 Å². The van der Waals surface area contributed by atoms with Gasteiger partial charge in [-0.15, -0.1) is 0 Å². The highest BCUT2D eigenvalue weighted by atomic mass is 16.6. The van der Waals surface area contributed by atoms with Gasteiger partial charge in [0.05, 0.1) is 31.3 Å². The number of methoxy groups -OCH3 is 1. The molecule has 0 aliphatic carbocycles. The highest BCUT2D eigenvalue weighted by Crippen LogP contribution is 2.28. The molecule has 0 bridgehead atoms. The summed E-state index contributed by atoms with van der Waals surface area (Å²) in [4.78, 5) is 10.5. The zero-order valence-electron chi connectivity index (χ0n) is 10.8. The fourth-order valence-corrected chi connectivity index (χ4v) is 1.50. The predicted molar refractivity (Wildman–Crippen MR) is 70.7 cm³/mol. The number of ether oxygens (including phenoxy) is 2. The number of rotatable bonds is 9. The third-order valence-corrected chi connectivity index (χ3v) is 2.42. The Bertz CT molecular complexity index is 411. The van der Waals surface area contributed by atoms with E-state index in [1.807, 2.05) is 0 Å². The monoisotopic (exact) mass is 270 g/mol. The van der Waals surface area contributed by atoms with E-state index >= 15 is 0 Å². The molecule has 7 nitrogen and oxygen atoms in total. The minimum atomic E-state index is -0.451. The van der Waals surface area contributed by atoms with E-state index in [1.54, 1.807) is 12.1 Å². The van der Waals surface area contributed by atoms with Crippen LogP contribution < -0.4 is 10.1 Å². The third kappa shape index (κ3) is 5.11. The summed E-state index contributed by atoms with van der Waals surface area (Å²) < 4.78 is 10.0. The molecule has 0 aliphatic rings. The summed E-state index contributed by atoms with van der Waals surface area (Å²) in [5.41, 5.74) is 0.434. The van der Waals surface area contributed by atoms with Crippen molar-refractivity contribution >= 4 is 11.4 Å². The molecule has 1 aromatic carbocycles. The molecule has 0 fully saturated rings. The maximum Gasteiger partial charge on any atom is 0.296 e. The Morgan fingerprint density at radius 1 is 1.42 bits per heavy atom. The van der Waals surface area contributed by atoms with Crippen LogP contribution in [-0.4, -0.2) is 43.5 Å². The minimum absolute atomic E-state index is 0.00260. The van der Waals surface area contributed by atoms with Crippen molar-refractivity contribution < 1.29 is 19.5 Å². The average Bonchev–Trinajstić information content (AvgIpc) is 2.42. The number of nitrogens with zero attached hydrogens (tertiary/aromatic N) is 1. The number of hydrogen-bond acceptors (Lipinski definition) is 6. The van der Waals surface area contributed by atoms with Gasteiger partial charge in [-0.2, -0.15) is 0 Å². The fraction of sp³-hybridized carbons (Fsp3) is 0.500. The lowest BCUT2D eigenvalue weighted by Crippen LogP contribution is -2.08. The van der Waals surface area contributed by atoms with Crippen molar-refractivity contribution in [2.24, 2.45) is 0 Å². The van der Waals surface area contributed by atoms with Crippen LogP contribution in [0.25, 0.3) is 0 Å². The molecular weight excluding hydrogens is 252 g/mol. The van der Waals surface area contributed by atoms with Crippen molar-refractivity contribution in [2.45, 2.75) is 6.42 Å².